The number of benzene rings is 1. The highest BCUT2D eigenvalue weighted by atomic mass is 16.6. The van der Waals surface area contributed by atoms with Gasteiger partial charge in [-0.05, 0) is 6.42 Å². The molecule has 92 valence electrons. The van der Waals surface area contributed by atoms with Gasteiger partial charge in [-0.25, -0.2) is 0 Å². The number of nitro benzene ring substituents is 1. The van der Waals surface area contributed by atoms with E-state index in [9.17, 15) is 14.9 Å². The Bertz CT molecular complexity index is 406. The number of para-hydroxylation sites is 1. The number of nitro groups is 1. The molecule has 0 aliphatic rings. The molecule has 0 aliphatic heterocycles. The molecule has 1 rings (SSSR count). The van der Waals surface area contributed by atoms with Crippen molar-refractivity contribution >= 4 is 11.6 Å². The maximum atomic E-state index is 11.3. The van der Waals surface area contributed by atoms with Gasteiger partial charge in [-0.3, -0.25) is 14.9 Å². The molecule has 0 saturated carbocycles. The van der Waals surface area contributed by atoms with Crippen LogP contribution in [0.15, 0.2) is 24.3 Å². The van der Waals surface area contributed by atoms with Gasteiger partial charge in [-0.15, -0.1) is 0 Å². The van der Waals surface area contributed by atoms with E-state index in [0.717, 1.165) is 0 Å². The Labute approximate surface area is 98.4 Å². The molecule has 0 spiro atoms. The Morgan fingerprint density at radius 3 is 2.76 bits per heavy atom. The van der Waals surface area contributed by atoms with E-state index in [1.54, 1.807) is 18.2 Å². The van der Waals surface area contributed by atoms with E-state index < -0.39 is 4.92 Å². The van der Waals surface area contributed by atoms with E-state index in [2.05, 4.69) is 5.32 Å². The molecule has 1 aromatic carbocycles. The summed E-state index contributed by atoms with van der Waals surface area (Å²) in [6.45, 7) is 0.0837. The Kier molecular flexibility index (Phi) is 5.09. The van der Waals surface area contributed by atoms with Crippen LogP contribution in [-0.2, 0) is 11.3 Å². The number of hydrogen-bond acceptors (Lipinski definition) is 4. The summed E-state index contributed by atoms with van der Waals surface area (Å²) in [6, 6.07) is 6.26. The monoisotopic (exact) mass is 238 g/mol. The van der Waals surface area contributed by atoms with E-state index >= 15 is 0 Å². The van der Waals surface area contributed by atoms with Crippen LogP contribution in [-0.4, -0.2) is 22.5 Å². The van der Waals surface area contributed by atoms with Crippen LogP contribution >= 0.6 is 0 Å². The van der Waals surface area contributed by atoms with E-state index in [1.165, 1.54) is 6.07 Å². The summed E-state index contributed by atoms with van der Waals surface area (Å²) in [5.41, 5.74) is 0.463. The lowest BCUT2D eigenvalue weighted by molar-refractivity contribution is -0.385. The van der Waals surface area contributed by atoms with Gasteiger partial charge in [0.2, 0.25) is 5.91 Å². The van der Waals surface area contributed by atoms with Gasteiger partial charge < -0.3 is 10.4 Å². The summed E-state index contributed by atoms with van der Waals surface area (Å²) in [7, 11) is 0. The average molecular weight is 238 g/mol. The maximum Gasteiger partial charge on any atom is 0.274 e. The maximum absolute atomic E-state index is 11.3. The first-order valence-electron chi connectivity index (χ1n) is 5.25. The Balaban J connectivity index is 2.57. The highest BCUT2D eigenvalue weighted by Crippen LogP contribution is 2.16. The topological polar surface area (TPSA) is 92.5 Å². The summed E-state index contributed by atoms with van der Waals surface area (Å²) in [5, 5.41) is 21.8. The van der Waals surface area contributed by atoms with Crippen molar-refractivity contribution in [2.75, 3.05) is 6.61 Å². The van der Waals surface area contributed by atoms with Crippen molar-refractivity contribution in [3.05, 3.63) is 39.9 Å². The van der Waals surface area contributed by atoms with Crippen LogP contribution in [0, 0.1) is 10.1 Å². The fourth-order valence-electron chi connectivity index (χ4n) is 1.36. The molecular weight excluding hydrogens is 224 g/mol. The van der Waals surface area contributed by atoms with Gasteiger partial charge in [-0.1, -0.05) is 18.2 Å². The minimum absolute atomic E-state index is 0.00467. The first-order chi connectivity index (χ1) is 8.15. The number of aliphatic hydroxyl groups excluding tert-OH is 1. The van der Waals surface area contributed by atoms with Crippen molar-refractivity contribution in [3.63, 3.8) is 0 Å². The molecule has 6 heteroatoms. The summed E-state index contributed by atoms with van der Waals surface area (Å²) >= 11 is 0. The SMILES string of the molecule is O=C(CCCO)NCc1ccccc1[N+](=O)[O-]. The summed E-state index contributed by atoms with van der Waals surface area (Å²) in [5.74, 6) is -0.225. The third-order valence-electron chi connectivity index (χ3n) is 2.23. The van der Waals surface area contributed by atoms with Crippen LogP contribution in [0.2, 0.25) is 0 Å². The second-order valence-corrected chi connectivity index (χ2v) is 3.49. The minimum Gasteiger partial charge on any atom is -0.396 e. The zero-order valence-corrected chi connectivity index (χ0v) is 9.26. The number of amides is 1. The third-order valence-corrected chi connectivity index (χ3v) is 2.23. The van der Waals surface area contributed by atoms with Crippen LogP contribution in [0.5, 0.6) is 0 Å². The van der Waals surface area contributed by atoms with Gasteiger partial charge in [-0.2, -0.15) is 0 Å². The van der Waals surface area contributed by atoms with Crippen molar-refractivity contribution in [2.45, 2.75) is 19.4 Å². The van der Waals surface area contributed by atoms with Gasteiger partial charge in [0.1, 0.15) is 0 Å². The number of hydrogen-bond donors (Lipinski definition) is 2. The summed E-state index contributed by atoms with van der Waals surface area (Å²) < 4.78 is 0. The highest BCUT2D eigenvalue weighted by molar-refractivity contribution is 5.75. The number of rotatable bonds is 6. The first kappa shape index (κ1) is 13.1. The molecule has 0 heterocycles. The van der Waals surface area contributed by atoms with Crippen LogP contribution in [0.25, 0.3) is 0 Å². The van der Waals surface area contributed by atoms with Gasteiger partial charge in [0, 0.05) is 31.2 Å². The van der Waals surface area contributed by atoms with E-state index in [1.807, 2.05) is 0 Å². The van der Waals surface area contributed by atoms with E-state index in [4.69, 9.17) is 5.11 Å². The Hall–Kier alpha value is -1.95. The Morgan fingerprint density at radius 2 is 2.12 bits per heavy atom. The van der Waals surface area contributed by atoms with Crippen molar-refractivity contribution < 1.29 is 14.8 Å². The van der Waals surface area contributed by atoms with E-state index in [-0.39, 0.29) is 31.2 Å². The number of carbonyl (C=O) groups excluding carboxylic acids is 1. The van der Waals surface area contributed by atoms with Gasteiger partial charge in [0.25, 0.3) is 5.69 Å². The van der Waals surface area contributed by atoms with Gasteiger partial charge >= 0.3 is 0 Å². The molecule has 0 fully saturated rings. The lowest BCUT2D eigenvalue weighted by Gasteiger charge is -2.05. The molecule has 6 nitrogen and oxygen atoms in total. The summed E-state index contributed by atoms with van der Waals surface area (Å²) in [6.07, 6.45) is 0.611. The zero-order valence-electron chi connectivity index (χ0n) is 9.26. The molecule has 0 aliphatic carbocycles. The van der Waals surface area contributed by atoms with Gasteiger partial charge in [0.05, 0.1) is 4.92 Å². The molecule has 0 unspecified atom stereocenters. The predicted octanol–water partition coefficient (Wildman–Crippen LogP) is 0.983. The lowest BCUT2D eigenvalue weighted by Crippen LogP contribution is -2.23. The molecule has 0 radical (unpaired) electrons. The van der Waals surface area contributed by atoms with Crippen LogP contribution in [0.3, 0.4) is 0 Å². The standard InChI is InChI=1S/C11H14N2O4/c14-7-3-6-11(15)12-8-9-4-1-2-5-10(9)13(16)17/h1-2,4-5,14H,3,6-8H2,(H,12,15). The average Bonchev–Trinajstić information content (AvgIpc) is 2.34. The van der Waals surface area contributed by atoms with E-state index in [0.29, 0.717) is 12.0 Å². The third kappa shape index (κ3) is 4.20. The fraction of sp³-hybridized carbons (Fsp3) is 0.364. The molecule has 0 aromatic heterocycles. The smallest absolute Gasteiger partial charge is 0.274 e. The second kappa shape index (κ2) is 6.59. The molecule has 17 heavy (non-hydrogen) atoms. The molecule has 0 saturated heterocycles. The minimum atomic E-state index is -0.477. The van der Waals surface area contributed by atoms with Crippen LogP contribution < -0.4 is 5.32 Å². The molecule has 2 N–H and O–H groups in total. The van der Waals surface area contributed by atoms with Crippen molar-refractivity contribution in [3.8, 4) is 0 Å². The van der Waals surface area contributed by atoms with Crippen molar-refractivity contribution in [2.24, 2.45) is 0 Å². The molecule has 0 atom stereocenters. The lowest BCUT2D eigenvalue weighted by atomic mass is 10.2. The largest absolute Gasteiger partial charge is 0.396 e. The number of carbonyl (C=O) groups is 1. The van der Waals surface area contributed by atoms with Crippen LogP contribution in [0.4, 0.5) is 5.69 Å². The second-order valence-electron chi connectivity index (χ2n) is 3.49. The highest BCUT2D eigenvalue weighted by Gasteiger charge is 2.12. The molecule has 1 amide bonds. The molecular formula is C11H14N2O4. The normalized spacial score (nSPS) is 9.94. The van der Waals surface area contributed by atoms with Gasteiger partial charge in [0.15, 0.2) is 0 Å². The Morgan fingerprint density at radius 1 is 1.41 bits per heavy atom. The fourth-order valence-corrected chi connectivity index (χ4v) is 1.36. The molecule has 1 aromatic rings. The first-order valence-corrected chi connectivity index (χ1v) is 5.25. The molecule has 0 bridgehead atoms. The number of aliphatic hydroxyl groups is 1. The number of nitrogens with one attached hydrogen (secondary N) is 1. The van der Waals surface area contributed by atoms with Crippen molar-refractivity contribution in [1.82, 2.24) is 5.32 Å². The quantitative estimate of drug-likeness (QED) is 0.570. The zero-order chi connectivity index (χ0) is 12.7. The predicted molar refractivity (Wildman–Crippen MR) is 61.3 cm³/mol. The van der Waals surface area contributed by atoms with Crippen molar-refractivity contribution in [1.29, 1.82) is 0 Å². The number of nitrogens with zero attached hydrogens (tertiary/aromatic N) is 1. The van der Waals surface area contributed by atoms with Crippen LogP contribution in [0.1, 0.15) is 18.4 Å². The summed E-state index contributed by atoms with van der Waals surface area (Å²) in [4.78, 5) is 21.5.